The Bertz CT molecular complexity index is 985. The van der Waals surface area contributed by atoms with E-state index in [1.807, 2.05) is 0 Å². The first kappa shape index (κ1) is 18.5. The molecule has 1 heterocycles. The number of hydrogen-bond donors (Lipinski definition) is 1. The molecule has 0 fully saturated rings. The maximum atomic E-state index is 13.1. The molecule has 0 saturated carbocycles. The summed E-state index contributed by atoms with van der Waals surface area (Å²) in [6.45, 7) is -0.493. The first-order valence-electron chi connectivity index (χ1n) is 6.66. The van der Waals surface area contributed by atoms with Gasteiger partial charge in [0.15, 0.2) is 9.84 Å². The topological polar surface area (TPSA) is 100 Å². The molecule has 2 rings (SSSR count). The van der Waals surface area contributed by atoms with E-state index >= 15 is 0 Å². The lowest BCUT2D eigenvalue weighted by atomic mass is 10.0. The number of aliphatic carboxylic acids is 1. The Hall–Kier alpha value is -2.80. The van der Waals surface area contributed by atoms with E-state index in [0.29, 0.717) is 6.07 Å². The molecule has 1 aromatic heterocycles. The average molecular weight is 372 g/mol. The van der Waals surface area contributed by atoms with Gasteiger partial charge in [0.1, 0.15) is 12.6 Å². The van der Waals surface area contributed by atoms with Crippen molar-refractivity contribution in [2.24, 2.45) is 0 Å². The summed E-state index contributed by atoms with van der Waals surface area (Å²) >= 11 is 0. The van der Waals surface area contributed by atoms with Crippen LogP contribution in [0.15, 0.2) is 35.5 Å². The second-order valence-electron chi connectivity index (χ2n) is 5.28. The summed E-state index contributed by atoms with van der Waals surface area (Å²) in [4.78, 5) is 10.2. The third-order valence-electron chi connectivity index (χ3n) is 3.29. The molecule has 2 aromatic rings. The van der Waals surface area contributed by atoms with Gasteiger partial charge in [-0.3, -0.25) is 4.79 Å². The maximum absolute atomic E-state index is 13.1. The lowest BCUT2D eigenvalue weighted by Gasteiger charge is -2.11. The molecule has 1 aromatic carbocycles. The molecule has 0 radical (unpaired) electrons. The number of benzene rings is 1. The number of hydrogen-bond acceptors (Lipinski definition) is 4. The summed E-state index contributed by atoms with van der Waals surface area (Å²) in [5, 5.41) is 17.9. The monoisotopic (exact) mass is 372 g/mol. The Labute approximate surface area is 140 Å². The summed E-state index contributed by atoms with van der Waals surface area (Å²) in [6.07, 6.45) is -1.66. The number of nitrogens with zero attached hydrogens (tertiary/aromatic N) is 2. The van der Waals surface area contributed by atoms with Gasteiger partial charge in [-0.1, -0.05) is 0 Å². The van der Waals surface area contributed by atoms with Crippen LogP contribution < -0.4 is 0 Å². The molecule has 6 nitrogen and oxygen atoms in total. The molecule has 0 aliphatic rings. The van der Waals surface area contributed by atoms with Crippen LogP contribution >= 0.6 is 0 Å². The van der Waals surface area contributed by atoms with Crippen molar-refractivity contribution >= 4 is 15.8 Å². The number of nitriles is 1. The zero-order valence-electron chi connectivity index (χ0n) is 12.7. The quantitative estimate of drug-likeness (QED) is 0.889. The van der Waals surface area contributed by atoms with Crippen LogP contribution in [0, 0.1) is 11.3 Å². The number of sulfone groups is 1. The fraction of sp³-hybridized carbons (Fsp3) is 0.200. The number of carboxylic acid groups (broad SMARTS) is 1. The van der Waals surface area contributed by atoms with E-state index in [4.69, 9.17) is 10.4 Å². The van der Waals surface area contributed by atoms with Crippen LogP contribution in [0.5, 0.6) is 0 Å². The molecule has 1 N–H and O–H groups in total. The molecule has 0 spiro atoms. The van der Waals surface area contributed by atoms with Crippen LogP contribution in [0.1, 0.15) is 11.1 Å². The Morgan fingerprint density at radius 3 is 2.40 bits per heavy atom. The minimum atomic E-state index is -4.79. The predicted molar refractivity (Wildman–Crippen MR) is 80.3 cm³/mol. The van der Waals surface area contributed by atoms with E-state index < -0.39 is 39.0 Å². The molecule has 0 bridgehead atoms. The fourth-order valence-electron chi connectivity index (χ4n) is 2.21. The van der Waals surface area contributed by atoms with Crippen LogP contribution in [0.3, 0.4) is 0 Å². The molecule has 0 amide bonds. The minimum absolute atomic E-state index is 0.0137. The van der Waals surface area contributed by atoms with Gasteiger partial charge in [-0.15, -0.1) is 0 Å². The van der Waals surface area contributed by atoms with Gasteiger partial charge in [-0.25, -0.2) is 8.42 Å². The molecule has 0 aliphatic heterocycles. The first-order chi connectivity index (χ1) is 11.4. The Kier molecular flexibility index (Phi) is 4.64. The smallest absolute Gasteiger partial charge is 0.416 e. The highest BCUT2D eigenvalue weighted by atomic mass is 32.2. The summed E-state index contributed by atoms with van der Waals surface area (Å²) < 4.78 is 63.7. The fourth-order valence-corrected chi connectivity index (χ4v) is 2.89. The third-order valence-corrected chi connectivity index (χ3v) is 4.38. The Morgan fingerprint density at radius 2 is 1.92 bits per heavy atom. The van der Waals surface area contributed by atoms with E-state index in [9.17, 15) is 26.4 Å². The van der Waals surface area contributed by atoms with Gasteiger partial charge in [0.25, 0.3) is 0 Å². The summed E-state index contributed by atoms with van der Waals surface area (Å²) in [6, 6.07) is 4.01. The zero-order chi connectivity index (χ0) is 19.0. The number of carbonyl (C=O) groups is 1. The van der Waals surface area contributed by atoms with Crippen molar-refractivity contribution < 1.29 is 31.5 Å². The van der Waals surface area contributed by atoms with Gasteiger partial charge >= 0.3 is 12.1 Å². The molecular weight excluding hydrogens is 361 g/mol. The van der Waals surface area contributed by atoms with Crippen molar-refractivity contribution in [3.05, 3.63) is 41.7 Å². The van der Waals surface area contributed by atoms with Crippen molar-refractivity contribution in [1.82, 2.24) is 4.57 Å². The van der Waals surface area contributed by atoms with Crippen LogP contribution in [0.4, 0.5) is 13.2 Å². The Morgan fingerprint density at radius 1 is 1.28 bits per heavy atom. The van der Waals surface area contributed by atoms with Crippen molar-refractivity contribution in [3.63, 3.8) is 0 Å². The first-order valence-corrected chi connectivity index (χ1v) is 8.55. The second-order valence-corrected chi connectivity index (χ2v) is 7.30. The van der Waals surface area contributed by atoms with Gasteiger partial charge in [0.2, 0.25) is 0 Å². The summed E-state index contributed by atoms with van der Waals surface area (Å²) in [5.41, 5.74) is -1.38. The van der Waals surface area contributed by atoms with Gasteiger partial charge < -0.3 is 9.67 Å². The number of aromatic nitrogens is 1. The van der Waals surface area contributed by atoms with Crippen LogP contribution in [0.2, 0.25) is 0 Å². The lowest BCUT2D eigenvalue weighted by Crippen LogP contribution is -2.08. The van der Waals surface area contributed by atoms with E-state index in [1.54, 1.807) is 6.07 Å². The standard InChI is InChI=1S/C15H11F3N2O4S/c1-25(23,24)12-3-9(2-11(4-12)15(16,17)18)13-7-20(8-14(21)22)6-10(13)5-19/h2-4,6-7H,8H2,1H3,(H,21,22). The van der Waals surface area contributed by atoms with Gasteiger partial charge in [0, 0.05) is 24.2 Å². The minimum Gasteiger partial charge on any atom is -0.480 e. The highest BCUT2D eigenvalue weighted by Crippen LogP contribution is 2.35. The average Bonchev–Trinajstić information content (AvgIpc) is 2.87. The molecule has 0 unspecified atom stereocenters. The van der Waals surface area contributed by atoms with Crippen LogP contribution in [-0.2, 0) is 27.4 Å². The molecule has 132 valence electrons. The van der Waals surface area contributed by atoms with Crippen molar-refractivity contribution in [2.45, 2.75) is 17.6 Å². The molecule has 25 heavy (non-hydrogen) atoms. The lowest BCUT2D eigenvalue weighted by molar-refractivity contribution is -0.138. The van der Waals surface area contributed by atoms with Crippen LogP contribution in [-0.4, -0.2) is 30.3 Å². The largest absolute Gasteiger partial charge is 0.480 e. The highest BCUT2D eigenvalue weighted by Gasteiger charge is 2.32. The van der Waals surface area contributed by atoms with Gasteiger partial charge in [-0.2, -0.15) is 18.4 Å². The van der Waals surface area contributed by atoms with Crippen molar-refractivity contribution in [1.29, 1.82) is 5.26 Å². The molecule has 10 heteroatoms. The number of alkyl halides is 3. The van der Waals surface area contributed by atoms with Gasteiger partial charge in [-0.05, 0) is 23.8 Å². The number of carboxylic acids is 1. The van der Waals surface area contributed by atoms with E-state index in [1.165, 1.54) is 12.4 Å². The SMILES string of the molecule is CS(=O)(=O)c1cc(-c2cn(CC(=O)O)cc2C#N)cc(C(F)(F)F)c1. The third kappa shape index (κ3) is 4.19. The maximum Gasteiger partial charge on any atom is 0.416 e. The number of rotatable bonds is 4. The van der Waals surface area contributed by atoms with Gasteiger partial charge in [0.05, 0.1) is 16.0 Å². The summed E-state index contributed by atoms with van der Waals surface area (Å²) in [5.74, 6) is -1.20. The molecule has 0 atom stereocenters. The van der Waals surface area contributed by atoms with E-state index in [0.717, 1.165) is 23.0 Å². The van der Waals surface area contributed by atoms with Crippen molar-refractivity contribution in [3.8, 4) is 17.2 Å². The molecular formula is C15H11F3N2O4S. The predicted octanol–water partition coefficient (Wildman–Crippen LogP) is 2.53. The normalized spacial score (nSPS) is 12.0. The number of halogens is 3. The zero-order valence-corrected chi connectivity index (χ0v) is 13.5. The van der Waals surface area contributed by atoms with E-state index in [-0.39, 0.29) is 16.7 Å². The molecule has 0 aliphatic carbocycles. The van der Waals surface area contributed by atoms with E-state index in [2.05, 4.69) is 0 Å². The molecule has 0 saturated heterocycles. The second kappa shape index (κ2) is 6.25. The van der Waals surface area contributed by atoms with Crippen LogP contribution in [0.25, 0.3) is 11.1 Å². The highest BCUT2D eigenvalue weighted by molar-refractivity contribution is 7.90. The summed E-state index contributed by atoms with van der Waals surface area (Å²) in [7, 11) is -3.93. The van der Waals surface area contributed by atoms with Crippen molar-refractivity contribution in [2.75, 3.05) is 6.26 Å². The Balaban J connectivity index is 2.73.